The second kappa shape index (κ2) is 30.6. The quantitative estimate of drug-likeness (QED) is 0.0406. The molecule has 0 spiro atoms. The fraction of sp³-hybridized carbons (Fsp3) is 0.404. The van der Waals surface area contributed by atoms with Gasteiger partial charge in [0.25, 0.3) is 5.91 Å². The number of nitrogens with two attached hydrogens (primary N) is 2. The van der Waals surface area contributed by atoms with Crippen LogP contribution in [0.4, 0.5) is 0 Å². The van der Waals surface area contributed by atoms with E-state index in [9.17, 15) is 72.5 Å². The van der Waals surface area contributed by atoms with Crippen LogP contribution in [0.15, 0.2) is 78.9 Å². The maximum atomic E-state index is 14.3. The molecule has 0 aromatic heterocycles. The summed E-state index contributed by atoms with van der Waals surface area (Å²) in [6.07, 6.45) is -2.34. The van der Waals surface area contributed by atoms with Crippen LogP contribution in [-0.2, 0) is 81.6 Å². The van der Waals surface area contributed by atoms with E-state index in [1.165, 1.54) is 83.3 Å². The first kappa shape index (κ1) is 64.0. The predicted octanol–water partition coefficient (Wildman–Crippen LogP) is -5.89. The second-order valence-corrected chi connectivity index (χ2v) is 19.0. The first-order valence-electron chi connectivity index (χ1n) is 25.4. The lowest BCUT2D eigenvalue weighted by molar-refractivity contribution is -0.142. The van der Waals surface area contributed by atoms with Crippen LogP contribution in [0.25, 0.3) is 0 Å². The van der Waals surface area contributed by atoms with Gasteiger partial charge < -0.3 is 74.4 Å². The van der Waals surface area contributed by atoms with Gasteiger partial charge in [-0.25, -0.2) is 5.43 Å². The van der Waals surface area contributed by atoms with Gasteiger partial charge in [0.05, 0.1) is 12.8 Å². The van der Waals surface area contributed by atoms with E-state index in [0.717, 1.165) is 0 Å². The molecular formula is C52H68N14O15. The number of carbonyl (C=O) groups is 13. The summed E-state index contributed by atoms with van der Waals surface area (Å²) in [5.74, 6) is -8.60. The van der Waals surface area contributed by atoms with E-state index in [0.29, 0.717) is 16.7 Å². The molecule has 3 aromatic carbocycles. The van der Waals surface area contributed by atoms with Crippen molar-refractivity contribution in [1.29, 1.82) is 0 Å². The van der Waals surface area contributed by atoms with Crippen molar-refractivity contribution >= 4 is 76.7 Å². The number of nitrogens with one attached hydrogen (secondary N) is 12. The Bertz CT molecular complexity index is 2800. The number of benzene rings is 3. The maximum absolute atomic E-state index is 14.3. The fourth-order valence-electron chi connectivity index (χ4n) is 7.73. The fourth-order valence-corrected chi connectivity index (χ4v) is 7.73. The third-order valence-corrected chi connectivity index (χ3v) is 12.5. The Balaban J connectivity index is 1.77. The number of carbonyl (C=O) groups excluding carboxylic acids is 13. The van der Waals surface area contributed by atoms with Gasteiger partial charge in [0.15, 0.2) is 0 Å². The first-order valence-corrected chi connectivity index (χ1v) is 25.4. The monoisotopic (exact) mass is 1130 g/mol. The molecule has 0 saturated carbocycles. The molecule has 0 radical (unpaired) electrons. The normalized spacial score (nSPS) is 23.1. The van der Waals surface area contributed by atoms with Gasteiger partial charge in [-0.2, -0.15) is 0 Å². The highest BCUT2D eigenvalue weighted by Crippen LogP contribution is 2.14. The number of aromatic hydroxyl groups is 2. The van der Waals surface area contributed by atoms with Gasteiger partial charge in [0, 0.05) is 26.4 Å². The number of amides is 12. The van der Waals surface area contributed by atoms with Crippen molar-refractivity contribution in [3.63, 3.8) is 0 Å². The van der Waals surface area contributed by atoms with E-state index < -0.39 is 156 Å². The highest BCUT2D eigenvalue weighted by molar-refractivity contribution is 6.39. The summed E-state index contributed by atoms with van der Waals surface area (Å²) < 4.78 is 0. The van der Waals surface area contributed by atoms with Crippen molar-refractivity contribution < 1.29 is 72.5 Å². The molecule has 4 rings (SSSR count). The zero-order valence-corrected chi connectivity index (χ0v) is 44.9. The molecule has 81 heavy (non-hydrogen) atoms. The van der Waals surface area contributed by atoms with Gasteiger partial charge in [0.2, 0.25) is 70.8 Å². The molecule has 1 fully saturated rings. The molecular weight excluding hydrogens is 1060 g/mol. The summed E-state index contributed by atoms with van der Waals surface area (Å²) in [5.41, 5.74) is 9.28. The van der Waals surface area contributed by atoms with Gasteiger partial charge >= 0.3 is 0 Å². The average Bonchev–Trinajstić information content (AvgIpc) is 3.43. The molecule has 18 N–H and O–H groups in total. The summed E-state index contributed by atoms with van der Waals surface area (Å²) in [4.78, 5) is 177. The highest BCUT2D eigenvalue weighted by atomic mass is 16.3. The smallest absolute Gasteiger partial charge is 0.290 e. The molecule has 0 bridgehead atoms. The summed E-state index contributed by atoms with van der Waals surface area (Å²) >= 11 is 0. The van der Waals surface area contributed by atoms with E-state index >= 15 is 0 Å². The Labute approximate surface area is 464 Å². The van der Waals surface area contributed by atoms with Crippen LogP contribution in [-0.4, -0.2) is 161 Å². The van der Waals surface area contributed by atoms with Crippen molar-refractivity contribution in [2.75, 3.05) is 13.6 Å². The van der Waals surface area contributed by atoms with E-state index in [4.69, 9.17) is 11.6 Å². The molecule has 10 atom stereocenters. The van der Waals surface area contributed by atoms with E-state index in [-0.39, 0.29) is 30.8 Å². The topological polar surface area (TPSA) is 459 Å². The molecule has 2 unspecified atom stereocenters. The molecule has 1 aliphatic rings. The maximum Gasteiger partial charge on any atom is 0.290 e. The Hall–Kier alpha value is -9.51. The second-order valence-electron chi connectivity index (χ2n) is 19.0. The molecule has 436 valence electrons. The Morgan fingerprint density at radius 2 is 1.06 bits per heavy atom. The predicted molar refractivity (Wildman–Crippen MR) is 285 cm³/mol. The summed E-state index contributed by atoms with van der Waals surface area (Å²) in [5, 5.41) is 45.4. The van der Waals surface area contributed by atoms with Crippen LogP contribution in [0.5, 0.6) is 11.5 Å². The van der Waals surface area contributed by atoms with Gasteiger partial charge in [0.1, 0.15) is 71.9 Å². The molecule has 3 aromatic rings. The largest absolute Gasteiger partial charge is 0.508 e. The molecule has 1 heterocycles. The highest BCUT2D eigenvalue weighted by Gasteiger charge is 2.36. The van der Waals surface area contributed by atoms with Gasteiger partial charge in [-0.15, -0.1) is 0 Å². The lowest BCUT2D eigenvalue weighted by atomic mass is 10.0. The summed E-state index contributed by atoms with van der Waals surface area (Å²) in [7, 11) is 1.25. The lowest BCUT2D eigenvalue weighted by Crippen LogP contribution is -2.60. The summed E-state index contributed by atoms with van der Waals surface area (Å²) in [6, 6.07) is 3.23. The Morgan fingerprint density at radius 3 is 1.56 bits per heavy atom. The van der Waals surface area contributed by atoms with Crippen molar-refractivity contribution in [1.82, 2.24) is 63.9 Å². The van der Waals surface area contributed by atoms with Crippen molar-refractivity contribution in [3.05, 3.63) is 95.6 Å². The van der Waals surface area contributed by atoms with Crippen LogP contribution >= 0.6 is 0 Å². The SMILES string of the molecule is CNC(=O)C[C@H]1NC(=O)[C@H](C)NC(=O)[C@@H](C)NC(=O)[C@H](C)NC(=O)[C@@H](NC(=O)[C@H](Cc2ccc(O)cc2)NN)CC(=O)NCC(C(=O)NC(Cc2ccc(O)cc2)C(N)=O)NC(=O)C(=O)[C@@H](Cc2ccccc2)NC(=O)[C@H](C)NC1=O. The molecule has 1 aliphatic heterocycles. The number of phenols is 2. The Kier molecular flexibility index (Phi) is 24.2. The van der Waals surface area contributed by atoms with Crippen LogP contribution in [0.2, 0.25) is 0 Å². The molecule has 29 heteroatoms. The number of hydrogen-bond acceptors (Lipinski definition) is 17. The molecule has 12 amide bonds. The average molecular weight is 1130 g/mol. The van der Waals surface area contributed by atoms with Crippen LogP contribution in [0, 0.1) is 0 Å². The van der Waals surface area contributed by atoms with E-state index in [2.05, 4.69) is 63.9 Å². The number of hydrazine groups is 1. The number of primary amides is 1. The van der Waals surface area contributed by atoms with E-state index in [1.54, 1.807) is 30.3 Å². The first-order chi connectivity index (χ1) is 38.3. The van der Waals surface area contributed by atoms with Crippen LogP contribution in [0.1, 0.15) is 57.2 Å². The van der Waals surface area contributed by atoms with E-state index in [1.807, 2.05) is 0 Å². The molecule has 29 nitrogen and oxygen atoms in total. The minimum Gasteiger partial charge on any atom is -0.508 e. The van der Waals surface area contributed by atoms with Gasteiger partial charge in [-0.1, -0.05) is 54.6 Å². The zero-order valence-electron chi connectivity index (χ0n) is 44.9. The summed E-state index contributed by atoms with van der Waals surface area (Å²) in [6.45, 7) is 3.94. The minimum absolute atomic E-state index is 0.0762. The lowest BCUT2D eigenvalue weighted by Gasteiger charge is -2.25. The number of hydrogen-bond donors (Lipinski definition) is 16. The Morgan fingerprint density at radius 1 is 0.593 bits per heavy atom. The third kappa shape index (κ3) is 20.3. The standard InChI is InChI=1S/C52H68N14O15/c1-25-44(73)58-27(3)47(76)63-36(22-40(69)55-5)48(77)60-28(4)46(75)61-34(19-29-9-7-6-8-10-29)42(71)52(81)65-39(51(80)62-35(43(53)72)20-30-11-15-32(67)16-12-30)24-56-41(70)23-37(49(78)59-26(2)45(74)57-25)64-50(79)38(66-54)21-31-13-17-33(68)18-14-31/h6-18,25-28,34-39,66-68H,19-24,54H2,1-5H3,(H2,53,72)(H,55,69)(H,56,70)(H,57,74)(H,58,73)(H,59,78)(H,60,77)(H,61,75)(H,62,80)(H,63,76)(H,64,79)(H,65,81)/t25-,26+,27+,28+,34-,35?,36-,37+,38+,39?/m1/s1. The number of phenolic OH excluding ortho intramolecular Hbond substituents is 2. The van der Waals surface area contributed by atoms with Crippen LogP contribution < -0.4 is 75.5 Å². The number of rotatable bonds is 14. The minimum atomic E-state index is -1.96. The van der Waals surface area contributed by atoms with Crippen molar-refractivity contribution in [2.24, 2.45) is 11.6 Å². The van der Waals surface area contributed by atoms with Crippen LogP contribution in [0.3, 0.4) is 0 Å². The van der Waals surface area contributed by atoms with Crippen molar-refractivity contribution in [3.8, 4) is 11.5 Å². The van der Waals surface area contributed by atoms with Crippen molar-refractivity contribution in [2.45, 2.75) is 120 Å². The third-order valence-electron chi connectivity index (χ3n) is 12.5. The zero-order chi connectivity index (χ0) is 60.1. The molecule has 1 saturated heterocycles. The van der Waals surface area contributed by atoms with Gasteiger partial charge in [-0.05, 0) is 75.1 Å². The molecule has 0 aliphatic carbocycles. The van der Waals surface area contributed by atoms with Gasteiger partial charge in [-0.3, -0.25) is 68.2 Å². The number of Topliss-reactive ketones (excluding diaryl/α,β-unsaturated/α-hetero) is 1. The number of ketones is 1.